The molecule has 3 aliphatic heterocycles. The lowest BCUT2D eigenvalue weighted by molar-refractivity contribution is -0.144. The Labute approximate surface area is 247 Å². The van der Waals surface area contributed by atoms with E-state index in [1.807, 2.05) is 23.9 Å². The van der Waals surface area contributed by atoms with Crippen LogP contribution in [0.4, 0.5) is 0 Å². The third-order valence-electron chi connectivity index (χ3n) is 8.45. The number of carbonyl (C=O) groups excluding carboxylic acids is 3. The molecule has 0 aromatic heterocycles. The van der Waals surface area contributed by atoms with Gasteiger partial charge in [-0.1, -0.05) is 13.3 Å². The summed E-state index contributed by atoms with van der Waals surface area (Å²) in [5.41, 5.74) is 0.714. The number of carboxylic acids is 1. The molecule has 3 aliphatic rings. The summed E-state index contributed by atoms with van der Waals surface area (Å²) in [7, 11) is 5.52. The number of likely N-dealkylation sites (tertiary alicyclic amines) is 2. The number of methoxy groups -OCH3 is 1. The van der Waals surface area contributed by atoms with Crippen LogP contribution in [0, 0.1) is 5.92 Å². The van der Waals surface area contributed by atoms with Gasteiger partial charge in [0.25, 0.3) is 0 Å². The van der Waals surface area contributed by atoms with E-state index in [1.165, 1.54) is 12.0 Å². The topological polar surface area (TPSA) is 129 Å². The maximum Gasteiger partial charge on any atom is 0.308 e. The number of carbonyl (C=O) groups is 4. The minimum atomic E-state index is -0.996. The minimum Gasteiger partial charge on any atom is -0.493 e. The fourth-order valence-electron chi connectivity index (χ4n) is 6.25. The number of imide groups is 1. The van der Waals surface area contributed by atoms with Crippen LogP contribution in [0.2, 0.25) is 0 Å². The molecule has 1 N–H and O–H groups in total. The van der Waals surface area contributed by atoms with Gasteiger partial charge in [0.05, 0.1) is 19.6 Å². The van der Waals surface area contributed by atoms with Crippen molar-refractivity contribution in [3.63, 3.8) is 0 Å². The zero-order valence-electron chi connectivity index (χ0n) is 25.2. The Morgan fingerprint density at radius 2 is 1.79 bits per heavy atom. The maximum absolute atomic E-state index is 13.7. The number of hydrogen-bond acceptors (Lipinski definition) is 9. The van der Waals surface area contributed by atoms with Crippen LogP contribution in [-0.4, -0.2) is 122 Å². The van der Waals surface area contributed by atoms with Crippen LogP contribution >= 0.6 is 0 Å². The van der Waals surface area contributed by atoms with Gasteiger partial charge in [-0.05, 0) is 57.6 Å². The number of aliphatic carboxylic acids is 1. The van der Waals surface area contributed by atoms with E-state index < -0.39 is 23.8 Å². The largest absolute Gasteiger partial charge is 0.493 e. The quantitative estimate of drug-likeness (QED) is 0.304. The van der Waals surface area contributed by atoms with Crippen molar-refractivity contribution < 1.29 is 38.5 Å². The molecule has 42 heavy (non-hydrogen) atoms. The van der Waals surface area contributed by atoms with Gasteiger partial charge in [0.1, 0.15) is 0 Å². The maximum atomic E-state index is 13.7. The fraction of sp³-hybridized carbons (Fsp3) is 0.667. The van der Waals surface area contributed by atoms with Crippen LogP contribution in [0.15, 0.2) is 12.1 Å². The SMILES string of the molecule is CCCCN(CCCN(C)C)C(=O)CN1C[C@H](c2cc(OC)c3c(c2)OCO3)[C@@H](C(=O)O)[C@@H]1CCN1C(=O)CCC1=O. The van der Waals surface area contributed by atoms with Gasteiger partial charge in [0.2, 0.25) is 30.3 Å². The highest BCUT2D eigenvalue weighted by atomic mass is 16.7. The van der Waals surface area contributed by atoms with Crippen LogP contribution in [0.25, 0.3) is 0 Å². The number of unbranched alkanes of at least 4 members (excludes halogenated alkanes) is 1. The number of benzene rings is 1. The van der Waals surface area contributed by atoms with Crippen LogP contribution in [-0.2, 0) is 19.2 Å². The summed E-state index contributed by atoms with van der Waals surface area (Å²) in [4.78, 5) is 58.4. The van der Waals surface area contributed by atoms with Crippen LogP contribution in [0.3, 0.4) is 0 Å². The number of nitrogens with zero attached hydrogens (tertiary/aromatic N) is 4. The average Bonchev–Trinajstić information content (AvgIpc) is 3.65. The highest BCUT2D eigenvalue weighted by Gasteiger charge is 2.48. The second kappa shape index (κ2) is 14.2. The van der Waals surface area contributed by atoms with Crippen LogP contribution in [0.5, 0.6) is 17.2 Å². The van der Waals surface area contributed by atoms with Crippen molar-refractivity contribution in [1.29, 1.82) is 0 Å². The Balaban J connectivity index is 1.61. The van der Waals surface area contributed by atoms with Gasteiger partial charge in [-0.2, -0.15) is 0 Å². The number of fused-ring (bicyclic) bond motifs is 1. The zero-order chi connectivity index (χ0) is 30.4. The lowest BCUT2D eigenvalue weighted by Gasteiger charge is -2.30. The van der Waals surface area contributed by atoms with E-state index in [0.29, 0.717) is 42.4 Å². The van der Waals surface area contributed by atoms with Crippen molar-refractivity contribution in [3.8, 4) is 17.2 Å². The first-order chi connectivity index (χ1) is 20.1. The minimum absolute atomic E-state index is 0.0464. The molecule has 12 heteroatoms. The standard InChI is InChI=1S/C30H44N4O8/c1-5-6-12-32(13-7-11-31(2)3)27(37)18-33-17-21(20-15-23(40-4)29-24(16-20)41-19-42-29)28(30(38)39)22(33)10-14-34-25(35)8-9-26(34)36/h15-16,21-22,28H,5-14,17-19H2,1-4H3,(H,38,39)/t21-,22+,28-/m1/s1. The predicted octanol–water partition coefficient (Wildman–Crippen LogP) is 2.01. The van der Waals surface area contributed by atoms with Gasteiger partial charge in [0.15, 0.2) is 11.5 Å². The molecule has 0 unspecified atom stereocenters. The highest BCUT2D eigenvalue weighted by molar-refractivity contribution is 6.01. The lowest BCUT2D eigenvalue weighted by atomic mass is 9.84. The van der Waals surface area contributed by atoms with Crippen LogP contribution in [0.1, 0.15) is 56.9 Å². The van der Waals surface area contributed by atoms with Crippen molar-refractivity contribution in [1.82, 2.24) is 19.6 Å². The molecule has 2 saturated heterocycles. The number of amides is 3. The fourth-order valence-corrected chi connectivity index (χ4v) is 6.25. The van der Waals surface area contributed by atoms with Crippen molar-refractivity contribution in [3.05, 3.63) is 17.7 Å². The Morgan fingerprint density at radius 3 is 2.43 bits per heavy atom. The summed E-state index contributed by atoms with van der Waals surface area (Å²) >= 11 is 0. The van der Waals surface area contributed by atoms with Gasteiger partial charge in [-0.15, -0.1) is 0 Å². The third-order valence-corrected chi connectivity index (χ3v) is 8.45. The second-order valence-corrected chi connectivity index (χ2v) is 11.5. The summed E-state index contributed by atoms with van der Waals surface area (Å²) < 4.78 is 16.7. The number of rotatable bonds is 15. The molecule has 12 nitrogen and oxygen atoms in total. The van der Waals surface area contributed by atoms with Crippen LogP contribution < -0.4 is 14.2 Å². The predicted molar refractivity (Wildman–Crippen MR) is 154 cm³/mol. The van der Waals surface area contributed by atoms with E-state index >= 15 is 0 Å². The van der Waals surface area contributed by atoms with Gasteiger partial charge in [-0.3, -0.25) is 29.0 Å². The molecule has 0 bridgehead atoms. The van der Waals surface area contributed by atoms with Gasteiger partial charge in [0, 0.05) is 51.0 Å². The summed E-state index contributed by atoms with van der Waals surface area (Å²) in [5, 5.41) is 10.5. The first-order valence-corrected chi connectivity index (χ1v) is 14.8. The van der Waals surface area contributed by atoms with E-state index in [4.69, 9.17) is 14.2 Å². The Bertz CT molecular complexity index is 1140. The first-order valence-electron chi connectivity index (χ1n) is 14.8. The van der Waals surface area contributed by atoms with E-state index in [0.717, 1.165) is 25.8 Å². The zero-order valence-corrected chi connectivity index (χ0v) is 25.2. The molecule has 2 fully saturated rings. The van der Waals surface area contributed by atoms with E-state index in [1.54, 1.807) is 12.1 Å². The molecule has 0 radical (unpaired) electrons. The summed E-state index contributed by atoms with van der Waals surface area (Å²) in [6.45, 7) is 4.75. The Hall–Kier alpha value is -3.38. The molecule has 4 rings (SSSR count). The number of hydrogen-bond donors (Lipinski definition) is 1. The molecule has 232 valence electrons. The van der Waals surface area contributed by atoms with Crippen molar-refractivity contribution in [2.24, 2.45) is 5.92 Å². The number of ether oxygens (including phenoxy) is 3. The number of carboxylic acid groups (broad SMARTS) is 1. The van der Waals surface area contributed by atoms with Gasteiger partial charge >= 0.3 is 5.97 Å². The smallest absolute Gasteiger partial charge is 0.308 e. The Kier molecular flexibility index (Phi) is 10.7. The molecule has 0 aliphatic carbocycles. The molecule has 1 aromatic rings. The monoisotopic (exact) mass is 588 g/mol. The molecular formula is C30H44N4O8. The van der Waals surface area contributed by atoms with Gasteiger partial charge in [-0.25, -0.2) is 0 Å². The molecule has 0 spiro atoms. The van der Waals surface area contributed by atoms with Crippen molar-refractivity contribution >= 4 is 23.7 Å². The van der Waals surface area contributed by atoms with E-state index in [2.05, 4.69) is 11.8 Å². The molecule has 3 atom stereocenters. The van der Waals surface area contributed by atoms with E-state index in [-0.39, 0.29) is 56.9 Å². The average molecular weight is 589 g/mol. The van der Waals surface area contributed by atoms with E-state index in [9.17, 15) is 24.3 Å². The highest BCUT2D eigenvalue weighted by Crippen LogP contribution is 2.47. The molecule has 3 amide bonds. The van der Waals surface area contributed by atoms with Crippen molar-refractivity contribution in [2.45, 2.75) is 57.4 Å². The summed E-state index contributed by atoms with van der Waals surface area (Å²) in [6.07, 6.45) is 3.28. The molecule has 0 saturated carbocycles. The van der Waals surface area contributed by atoms with Crippen molar-refractivity contribution in [2.75, 3.05) is 67.3 Å². The summed E-state index contributed by atoms with van der Waals surface area (Å²) in [5.74, 6) is -1.47. The molecule has 1 aromatic carbocycles. The summed E-state index contributed by atoms with van der Waals surface area (Å²) in [6, 6.07) is 3.00. The third kappa shape index (κ3) is 7.15. The molecule has 3 heterocycles. The second-order valence-electron chi connectivity index (χ2n) is 11.5. The first kappa shape index (κ1) is 31.6. The normalized spacial score (nSPS) is 21.9. The molecular weight excluding hydrogens is 544 g/mol. The van der Waals surface area contributed by atoms with Gasteiger partial charge < -0.3 is 29.1 Å². The lowest BCUT2D eigenvalue weighted by Crippen LogP contribution is -2.46. The Morgan fingerprint density at radius 1 is 1.07 bits per heavy atom.